The Morgan fingerprint density at radius 3 is 2.03 bits per heavy atom. The Kier molecular flexibility index (Phi) is 7.11. The molecule has 0 spiro atoms. The summed E-state index contributed by atoms with van der Waals surface area (Å²) in [5.41, 5.74) is 2.09. The Labute approximate surface area is 180 Å². The first-order chi connectivity index (χ1) is 15.0. The number of nitrogens with zero attached hydrogens (tertiary/aromatic N) is 1. The van der Waals surface area contributed by atoms with Gasteiger partial charge in [-0.1, -0.05) is 66.7 Å². The van der Waals surface area contributed by atoms with Crippen LogP contribution in [0.3, 0.4) is 0 Å². The molecule has 7 nitrogen and oxygen atoms in total. The van der Waals surface area contributed by atoms with E-state index >= 15 is 0 Å². The minimum absolute atomic E-state index is 0.0566. The largest absolute Gasteiger partial charge is 0.351 e. The molecule has 0 fully saturated rings. The number of hydrogen-bond acceptors (Lipinski definition) is 4. The van der Waals surface area contributed by atoms with Gasteiger partial charge < -0.3 is 10.6 Å². The van der Waals surface area contributed by atoms with Crippen molar-refractivity contribution >= 4 is 17.5 Å². The number of non-ortho nitro benzene ring substituents is 1. The second-order valence-electron chi connectivity index (χ2n) is 7.15. The number of benzene rings is 3. The molecular formula is C24H23N3O4. The maximum absolute atomic E-state index is 12.5. The summed E-state index contributed by atoms with van der Waals surface area (Å²) in [6.07, 6.45) is 0. The van der Waals surface area contributed by atoms with E-state index in [1.807, 2.05) is 67.6 Å². The quantitative estimate of drug-likeness (QED) is 0.431. The van der Waals surface area contributed by atoms with Crippen LogP contribution in [-0.2, 0) is 4.79 Å². The van der Waals surface area contributed by atoms with Gasteiger partial charge in [0.25, 0.3) is 11.6 Å². The molecule has 3 rings (SSSR count). The third-order valence-electron chi connectivity index (χ3n) is 4.93. The summed E-state index contributed by atoms with van der Waals surface area (Å²) in [5, 5.41) is 16.3. The first-order valence-corrected chi connectivity index (χ1v) is 9.87. The predicted octanol–water partition coefficient (Wildman–Crippen LogP) is 3.66. The van der Waals surface area contributed by atoms with Gasteiger partial charge >= 0.3 is 0 Å². The lowest BCUT2D eigenvalue weighted by molar-refractivity contribution is -0.384. The summed E-state index contributed by atoms with van der Waals surface area (Å²) in [6, 6.07) is 24.9. The van der Waals surface area contributed by atoms with Crippen molar-refractivity contribution in [2.24, 2.45) is 0 Å². The van der Waals surface area contributed by atoms with Crippen molar-refractivity contribution in [1.82, 2.24) is 10.6 Å². The van der Waals surface area contributed by atoms with Crippen molar-refractivity contribution < 1.29 is 14.5 Å². The number of carbonyl (C=O) groups excluding carboxylic acids is 2. The van der Waals surface area contributed by atoms with Gasteiger partial charge in [-0.25, -0.2) is 0 Å². The number of hydrogen-bond donors (Lipinski definition) is 2. The average Bonchev–Trinajstić information content (AvgIpc) is 2.79. The Morgan fingerprint density at radius 2 is 1.48 bits per heavy atom. The molecule has 0 aromatic heterocycles. The van der Waals surface area contributed by atoms with Crippen LogP contribution in [0.1, 0.15) is 34.3 Å². The molecule has 1 atom stereocenters. The third kappa shape index (κ3) is 5.76. The summed E-state index contributed by atoms with van der Waals surface area (Å²) >= 11 is 0. The third-order valence-corrected chi connectivity index (χ3v) is 4.93. The molecule has 0 unspecified atom stereocenters. The smallest absolute Gasteiger partial charge is 0.270 e. The van der Waals surface area contributed by atoms with Crippen LogP contribution in [0.2, 0.25) is 0 Å². The van der Waals surface area contributed by atoms with Gasteiger partial charge in [-0.15, -0.1) is 0 Å². The van der Waals surface area contributed by atoms with Crippen molar-refractivity contribution in [2.75, 3.05) is 6.54 Å². The molecule has 3 aromatic rings. The SMILES string of the molecule is C[C@@H](NC(=O)CNC(=O)c1cccc([N+](=O)[O-])c1)C(c1ccccc1)c1ccccc1. The van der Waals surface area contributed by atoms with E-state index in [0.717, 1.165) is 11.1 Å². The van der Waals surface area contributed by atoms with Gasteiger partial charge in [-0.2, -0.15) is 0 Å². The molecule has 0 heterocycles. The normalized spacial score (nSPS) is 11.5. The lowest BCUT2D eigenvalue weighted by Crippen LogP contribution is -2.43. The zero-order valence-corrected chi connectivity index (χ0v) is 17.0. The van der Waals surface area contributed by atoms with E-state index in [2.05, 4.69) is 10.6 Å². The zero-order chi connectivity index (χ0) is 22.2. The van der Waals surface area contributed by atoms with Gasteiger partial charge in [0.05, 0.1) is 11.5 Å². The van der Waals surface area contributed by atoms with Gasteiger partial charge in [0.1, 0.15) is 0 Å². The molecule has 0 aliphatic carbocycles. The average molecular weight is 417 g/mol. The van der Waals surface area contributed by atoms with E-state index in [1.54, 1.807) is 0 Å². The molecule has 31 heavy (non-hydrogen) atoms. The molecule has 2 N–H and O–H groups in total. The standard InChI is InChI=1S/C24H23N3O4/c1-17(23(18-9-4-2-5-10-18)19-11-6-3-7-12-19)26-22(28)16-25-24(29)20-13-8-14-21(15-20)27(30)31/h2-15,17,23H,16H2,1H3,(H,25,29)(H,26,28)/t17-/m1/s1. The van der Waals surface area contributed by atoms with Crippen LogP contribution in [0, 0.1) is 10.1 Å². The number of carbonyl (C=O) groups is 2. The molecule has 158 valence electrons. The van der Waals surface area contributed by atoms with Crippen LogP contribution in [0.5, 0.6) is 0 Å². The number of rotatable bonds is 8. The Morgan fingerprint density at radius 1 is 0.903 bits per heavy atom. The minimum atomic E-state index is -0.571. The summed E-state index contributed by atoms with van der Waals surface area (Å²) < 4.78 is 0. The first kappa shape index (κ1) is 21.7. The highest BCUT2D eigenvalue weighted by molar-refractivity contribution is 5.97. The minimum Gasteiger partial charge on any atom is -0.351 e. The highest BCUT2D eigenvalue weighted by Crippen LogP contribution is 2.27. The monoisotopic (exact) mass is 417 g/mol. The van der Waals surface area contributed by atoms with E-state index in [9.17, 15) is 19.7 Å². The topological polar surface area (TPSA) is 101 Å². The summed E-state index contributed by atoms with van der Waals surface area (Å²) in [4.78, 5) is 35.1. The Hall–Kier alpha value is -4.00. The van der Waals surface area contributed by atoms with Crippen LogP contribution in [0.4, 0.5) is 5.69 Å². The number of amides is 2. The van der Waals surface area contributed by atoms with E-state index in [-0.39, 0.29) is 35.7 Å². The Bertz CT molecular complexity index is 1020. The van der Waals surface area contributed by atoms with Crippen LogP contribution >= 0.6 is 0 Å². The van der Waals surface area contributed by atoms with E-state index in [1.165, 1.54) is 24.3 Å². The van der Waals surface area contributed by atoms with Crippen molar-refractivity contribution in [3.05, 3.63) is 112 Å². The van der Waals surface area contributed by atoms with E-state index < -0.39 is 10.8 Å². The molecule has 0 aliphatic rings. The molecule has 2 amide bonds. The lowest BCUT2D eigenvalue weighted by Gasteiger charge is -2.26. The lowest BCUT2D eigenvalue weighted by atomic mass is 9.86. The second-order valence-corrected chi connectivity index (χ2v) is 7.15. The molecule has 0 bridgehead atoms. The van der Waals surface area contributed by atoms with Gasteiger partial charge in [-0.3, -0.25) is 19.7 Å². The zero-order valence-electron chi connectivity index (χ0n) is 17.0. The molecule has 0 saturated heterocycles. The van der Waals surface area contributed by atoms with Gasteiger partial charge in [0, 0.05) is 29.7 Å². The van der Waals surface area contributed by atoms with Crippen LogP contribution in [0.25, 0.3) is 0 Å². The fourth-order valence-corrected chi connectivity index (χ4v) is 3.50. The highest BCUT2D eigenvalue weighted by atomic mass is 16.6. The van der Waals surface area contributed by atoms with Crippen LogP contribution in [-0.4, -0.2) is 29.3 Å². The fraction of sp³-hybridized carbons (Fsp3) is 0.167. The Balaban J connectivity index is 1.65. The molecular weight excluding hydrogens is 394 g/mol. The van der Waals surface area contributed by atoms with Crippen LogP contribution < -0.4 is 10.6 Å². The fourth-order valence-electron chi connectivity index (χ4n) is 3.50. The summed E-state index contributed by atoms with van der Waals surface area (Å²) in [5.74, 6) is -0.948. The van der Waals surface area contributed by atoms with E-state index in [0.29, 0.717) is 0 Å². The maximum atomic E-state index is 12.5. The van der Waals surface area contributed by atoms with Crippen molar-refractivity contribution in [2.45, 2.75) is 18.9 Å². The predicted molar refractivity (Wildman–Crippen MR) is 118 cm³/mol. The molecule has 0 saturated carbocycles. The summed E-state index contributed by atoms with van der Waals surface area (Å²) in [6.45, 7) is 1.69. The molecule has 7 heteroatoms. The molecule has 3 aromatic carbocycles. The van der Waals surface area contributed by atoms with Gasteiger partial charge in [0.15, 0.2) is 0 Å². The number of nitro groups is 1. The van der Waals surface area contributed by atoms with Gasteiger partial charge in [-0.05, 0) is 24.1 Å². The maximum Gasteiger partial charge on any atom is 0.270 e. The molecule has 0 radical (unpaired) electrons. The van der Waals surface area contributed by atoms with E-state index in [4.69, 9.17) is 0 Å². The van der Waals surface area contributed by atoms with Crippen molar-refractivity contribution in [3.63, 3.8) is 0 Å². The highest BCUT2D eigenvalue weighted by Gasteiger charge is 2.23. The van der Waals surface area contributed by atoms with Gasteiger partial charge in [0.2, 0.25) is 5.91 Å². The number of nitro benzene ring substituents is 1. The van der Waals surface area contributed by atoms with Crippen LogP contribution in [0.15, 0.2) is 84.9 Å². The van der Waals surface area contributed by atoms with Crippen molar-refractivity contribution in [1.29, 1.82) is 0 Å². The second kappa shape index (κ2) is 10.2. The van der Waals surface area contributed by atoms with Crippen molar-refractivity contribution in [3.8, 4) is 0 Å². The summed E-state index contributed by atoms with van der Waals surface area (Å²) in [7, 11) is 0. The first-order valence-electron chi connectivity index (χ1n) is 9.87. The molecule has 0 aliphatic heterocycles. The number of nitrogens with one attached hydrogen (secondary N) is 2.